The van der Waals surface area contributed by atoms with Crippen LogP contribution in [0.3, 0.4) is 0 Å². The van der Waals surface area contributed by atoms with Crippen LogP contribution in [-0.4, -0.2) is 52.7 Å². The molecule has 0 aromatic heterocycles. The van der Waals surface area contributed by atoms with Crippen LogP contribution in [0.2, 0.25) is 5.02 Å². The lowest BCUT2D eigenvalue weighted by molar-refractivity contribution is -0.121. The molecular weight excluding hydrogens is 506 g/mol. The van der Waals surface area contributed by atoms with Gasteiger partial charge in [0.2, 0.25) is 15.8 Å². The smallest absolute Gasteiger partial charge is 0.255 e. The third-order valence-corrected chi connectivity index (χ3v) is 7.12. The summed E-state index contributed by atoms with van der Waals surface area (Å²) in [4.78, 5) is 12.8. The van der Waals surface area contributed by atoms with E-state index in [1.165, 1.54) is 39.7 Å². The highest BCUT2D eigenvalue weighted by Crippen LogP contribution is 2.37. The number of nitrogens with zero attached hydrogens (tertiary/aromatic N) is 2. The first-order valence-corrected chi connectivity index (χ1v) is 12.5. The lowest BCUT2D eigenvalue weighted by Crippen LogP contribution is -2.39. The molecule has 11 heteroatoms. The highest BCUT2D eigenvalue weighted by molar-refractivity contribution is 7.89. The Kier molecular flexibility index (Phi) is 9.29. The molecule has 3 rings (SSSR count). The number of ether oxygens (including phenoxy) is 3. The molecule has 0 atom stereocenters. The normalized spacial score (nSPS) is 11.5. The Morgan fingerprint density at radius 2 is 1.58 bits per heavy atom. The maximum atomic E-state index is 13.3. The Hall–Kier alpha value is -3.60. The largest absolute Gasteiger partial charge is 0.493 e. The van der Waals surface area contributed by atoms with E-state index in [0.29, 0.717) is 33.4 Å². The number of carbonyl (C=O) groups excluding carboxylic acids is 1. The van der Waals surface area contributed by atoms with E-state index in [4.69, 9.17) is 25.8 Å². The molecule has 0 aliphatic heterocycles. The van der Waals surface area contributed by atoms with Crippen molar-refractivity contribution in [3.63, 3.8) is 0 Å². The summed E-state index contributed by atoms with van der Waals surface area (Å²) < 4.78 is 43.5. The number of hydrazone groups is 1. The fourth-order valence-corrected chi connectivity index (χ4v) is 4.84. The predicted octanol–water partition coefficient (Wildman–Crippen LogP) is 3.71. The maximum absolute atomic E-state index is 13.3. The zero-order valence-corrected chi connectivity index (χ0v) is 21.5. The Bertz CT molecular complexity index is 1290. The van der Waals surface area contributed by atoms with Crippen LogP contribution in [0, 0.1) is 0 Å². The summed E-state index contributed by atoms with van der Waals surface area (Å²) in [5, 5.41) is 4.48. The number of nitrogens with one attached hydrogen (secondary N) is 1. The van der Waals surface area contributed by atoms with Gasteiger partial charge in [0.15, 0.2) is 11.5 Å². The number of benzene rings is 3. The van der Waals surface area contributed by atoms with E-state index < -0.39 is 22.5 Å². The van der Waals surface area contributed by atoms with Crippen molar-refractivity contribution in [2.75, 3.05) is 27.9 Å². The number of halogens is 1. The molecule has 0 fully saturated rings. The minimum absolute atomic E-state index is 0.0294. The molecule has 0 saturated heterocycles. The van der Waals surface area contributed by atoms with Gasteiger partial charge in [-0.3, -0.25) is 4.79 Å². The van der Waals surface area contributed by atoms with E-state index in [9.17, 15) is 13.2 Å². The summed E-state index contributed by atoms with van der Waals surface area (Å²) in [6, 6.07) is 17.9. The minimum Gasteiger partial charge on any atom is -0.493 e. The van der Waals surface area contributed by atoms with Crippen LogP contribution >= 0.6 is 11.6 Å². The summed E-state index contributed by atoms with van der Waals surface area (Å²) in [5.74, 6) is 0.651. The van der Waals surface area contributed by atoms with Crippen molar-refractivity contribution in [2.45, 2.75) is 11.4 Å². The van der Waals surface area contributed by atoms with E-state index in [1.54, 1.807) is 54.6 Å². The van der Waals surface area contributed by atoms with E-state index in [-0.39, 0.29) is 11.4 Å². The van der Waals surface area contributed by atoms with Gasteiger partial charge in [0.05, 0.1) is 39.0 Å². The number of hydrogen-bond acceptors (Lipinski definition) is 7. The molecule has 36 heavy (non-hydrogen) atoms. The molecule has 0 aliphatic rings. The average molecular weight is 532 g/mol. The second-order valence-corrected chi connectivity index (χ2v) is 9.84. The molecule has 1 amide bonds. The molecule has 0 bridgehead atoms. The Labute approximate surface area is 215 Å². The lowest BCUT2D eigenvalue weighted by Gasteiger charge is -2.21. The molecule has 0 saturated carbocycles. The molecule has 0 radical (unpaired) electrons. The molecule has 0 spiro atoms. The van der Waals surface area contributed by atoms with Crippen LogP contribution in [0.5, 0.6) is 17.2 Å². The van der Waals surface area contributed by atoms with Gasteiger partial charge in [-0.05, 0) is 42.0 Å². The standard InChI is InChI=1S/C25H26ClN3O6S/c1-33-22-13-19(14-23(34-2)25(22)35-3)15-27-28-24(30)17-29(16-18-9-11-20(26)12-10-18)36(31,32)21-7-5-4-6-8-21/h4-15H,16-17H2,1-3H3,(H,28,30)/b27-15-. The van der Waals surface area contributed by atoms with E-state index in [1.807, 2.05) is 0 Å². The molecule has 0 heterocycles. The first-order chi connectivity index (χ1) is 17.3. The topological polar surface area (TPSA) is 107 Å². The fraction of sp³-hybridized carbons (Fsp3) is 0.200. The van der Waals surface area contributed by atoms with E-state index in [2.05, 4.69) is 10.5 Å². The number of amides is 1. The van der Waals surface area contributed by atoms with Crippen LogP contribution in [0.1, 0.15) is 11.1 Å². The quantitative estimate of drug-likeness (QED) is 0.299. The third-order valence-electron chi connectivity index (χ3n) is 5.06. The van der Waals surface area contributed by atoms with Gasteiger partial charge < -0.3 is 14.2 Å². The van der Waals surface area contributed by atoms with Gasteiger partial charge >= 0.3 is 0 Å². The summed E-state index contributed by atoms with van der Waals surface area (Å²) in [5.41, 5.74) is 3.62. The highest BCUT2D eigenvalue weighted by atomic mass is 35.5. The molecule has 9 nitrogen and oxygen atoms in total. The number of rotatable bonds is 11. The molecule has 190 valence electrons. The van der Waals surface area contributed by atoms with Crippen molar-refractivity contribution >= 4 is 33.7 Å². The SMILES string of the molecule is COc1cc(/C=N\NC(=O)CN(Cc2ccc(Cl)cc2)S(=O)(=O)c2ccccc2)cc(OC)c1OC. The maximum Gasteiger partial charge on any atom is 0.255 e. The summed E-state index contributed by atoms with van der Waals surface area (Å²) in [6.07, 6.45) is 1.39. The van der Waals surface area contributed by atoms with Crippen LogP contribution in [0.4, 0.5) is 0 Å². The highest BCUT2D eigenvalue weighted by Gasteiger charge is 2.26. The summed E-state index contributed by atoms with van der Waals surface area (Å²) >= 11 is 5.95. The van der Waals surface area contributed by atoms with Gasteiger partial charge in [-0.25, -0.2) is 13.8 Å². The van der Waals surface area contributed by atoms with Gasteiger partial charge in [0.25, 0.3) is 5.91 Å². The molecule has 0 unspecified atom stereocenters. The molecule has 3 aromatic carbocycles. The van der Waals surface area contributed by atoms with Gasteiger partial charge in [0.1, 0.15) is 0 Å². The van der Waals surface area contributed by atoms with Gasteiger partial charge in [-0.1, -0.05) is 41.9 Å². The Morgan fingerprint density at radius 1 is 0.972 bits per heavy atom. The fourth-order valence-electron chi connectivity index (χ4n) is 3.31. The van der Waals surface area contributed by atoms with Crippen molar-refractivity contribution in [2.24, 2.45) is 5.10 Å². The van der Waals surface area contributed by atoms with E-state index in [0.717, 1.165) is 4.31 Å². The summed E-state index contributed by atoms with van der Waals surface area (Å²) in [7, 11) is 0.504. The van der Waals surface area contributed by atoms with Crippen LogP contribution < -0.4 is 19.6 Å². The second kappa shape index (κ2) is 12.4. The van der Waals surface area contributed by atoms with Crippen molar-refractivity contribution in [3.8, 4) is 17.2 Å². The lowest BCUT2D eigenvalue weighted by atomic mass is 10.2. The molecular formula is C25H26ClN3O6S. The monoisotopic (exact) mass is 531 g/mol. The van der Waals surface area contributed by atoms with Crippen LogP contribution in [0.15, 0.2) is 76.7 Å². The van der Waals surface area contributed by atoms with Gasteiger partial charge in [-0.2, -0.15) is 9.41 Å². The molecule has 3 aromatic rings. The van der Waals surface area contributed by atoms with Crippen molar-refractivity contribution < 1.29 is 27.4 Å². The minimum atomic E-state index is -3.97. The summed E-state index contributed by atoms with van der Waals surface area (Å²) in [6.45, 7) is -0.481. The number of sulfonamides is 1. The average Bonchev–Trinajstić information content (AvgIpc) is 2.89. The molecule has 1 N–H and O–H groups in total. The third kappa shape index (κ3) is 6.75. The second-order valence-electron chi connectivity index (χ2n) is 7.46. The zero-order chi connectivity index (χ0) is 26.1. The van der Waals surface area contributed by atoms with E-state index >= 15 is 0 Å². The van der Waals surface area contributed by atoms with Gasteiger partial charge in [-0.15, -0.1) is 0 Å². The number of carbonyl (C=O) groups is 1. The van der Waals surface area contributed by atoms with Crippen molar-refractivity contribution in [1.82, 2.24) is 9.73 Å². The Balaban J connectivity index is 1.79. The van der Waals surface area contributed by atoms with Gasteiger partial charge in [0, 0.05) is 17.1 Å². The van der Waals surface area contributed by atoms with Crippen LogP contribution in [0.25, 0.3) is 0 Å². The molecule has 0 aliphatic carbocycles. The first kappa shape index (κ1) is 27.0. The van der Waals surface area contributed by atoms with Crippen molar-refractivity contribution in [1.29, 1.82) is 0 Å². The Morgan fingerprint density at radius 3 is 2.14 bits per heavy atom. The number of methoxy groups -OCH3 is 3. The van der Waals surface area contributed by atoms with Crippen LogP contribution in [-0.2, 0) is 21.4 Å². The predicted molar refractivity (Wildman–Crippen MR) is 137 cm³/mol. The first-order valence-electron chi connectivity index (χ1n) is 10.7. The van der Waals surface area contributed by atoms with Crippen molar-refractivity contribution in [3.05, 3.63) is 82.9 Å². The zero-order valence-electron chi connectivity index (χ0n) is 20.0. The number of hydrogen-bond donors (Lipinski definition) is 1.